The molecule has 1 aromatic carbocycles. The van der Waals surface area contributed by atoms with E-state index < -0.39 is 0 Å². The number of imide groups is 1. The summed E-state index contributed by atoms with van der Waals surface area (Å²) < 4.78 is 1.71. The molecule has 0 aliphatic carbocycles. The smallest absolute Gasteiger partial charge is 0.233 e. The SMILES string of the molecule is Cc1cc(C)cc(CN2C(=O)C[C@H](Cc3cnn(C)c3)C2=O)c1. The minimum Gasteiger partial charge on any atom is -0.278 e. The molecule has 2 heterocycles. The molecule has 120 valence electrons. The lowest BCUT2D eigenvalue weighted by atomic mass is 10.0. The molecule has 1 aliphatic rings. The van der Waals surface area contributed by atoms with Crippen LogP contribution in [0.15, 0.2) is 30.6 Å². The molecule has 5 nitrogen and oxygen atoms in total. The molecular weight excluding hydrogens is 290 g/mol. The predicted molar refractivity (Wildman–Crippen MR) is 86.5 cm³/mol. The van der Waals surface area contributed by atoms with Gasteiger partial charge in [-0.25, -0.2) is 0 Å². The quantitative estimate of drug-likeness (QED) is 0.813. The van der Waals surface area contributed by atoms with Crippen molar-refractivity contribution >= 4 is 11.8 Å². The summed E-state index contributed by atoms with van der Waals surface area (Å²) in [5.41, 5.74) is 4.29. The highest BCUT2D eigenvalue weighted by atomic mass is 16.2. The first kappa shape index (κ1) is 15.5. The standard InChI is InChI=1S/C18H21N3O2/c1-12-4-13(2)6-14(5-12)11-21-17(22)8-16(18(21)23)7-15-9-19-20(3)10-15/h4-6,9-10,16H,7-8,11H2,1-3H3/t16-/m0/s1. The lowest BCUT2D eigenvalue weighted by Crippen LogP contribution is -2.30. The van der Waals surface area contributed by atoms with E-state index in [0.29, 0.717) is 19.4 Å². The number of amides is 2. The van der Waals surface area contributed by atoms with Gasteiger partial charge in [-0.05, 0) is 31.4 Å². The normalized spacial score (nSPS) is 18.0. The number of carbonyl (C=O) groups is 2. The van der Waals surface area contributed by atoms with Crippen molar-refractivity contribution in [3.8, 4) is 0 Å². The molecule has 0 spiro atoms. The average Bonchev–Trinajstić information content (AvgIpc) is 2.97. The van der Waals surface area contributed by atoms with E-state index in [4.69, 9.17) is 0 Å². The predicted octanol–water partition coefficient (Wildman–Crippen LogP) is 2.15. The molecule has 2 amide bonds. The van der Waals surface area contributed by atoms with Gasteiger partial charge in [-0.1, -0.05) is 29.3 Å². The lowest BCUT2D eigenvalue weighted by Gasteiger charge is -2.16. The number of aryl methyl sites for hydroxylation is 3. The van der Waals surface area contributed by atoms with Gasteiger partial charge in [0.15, 0.2) is 0 Å². The first-order valence-corrected chi connectivity index (χ1v) is 7.81. The van der Waals surface area contributed by atoms with Crippen molar-refractivity contribution in [3.63, 3.8) is 0 Å². The number of nitrogens with zero attached hydrogens (tertiary/aromatic N) is 3. The second-order valence-corrected chi connectivity index (χ2v) is 6.44. The van der Waals surface area contributed by atoms with Crippen molar-refractivity contribution in [2.75, 3.05) is 0 Å². The number of aromatic nitrogens is 2. The lowest BCUT2D eigenvalue weighted by molar-refractivity contribution is -0.140. The van der Waals surface area contributed by atoms with E-state index in [0.717, 1.165) is 22.3 Å². The zero-order chi connectivity index (χ0) is 16.6. The number of hydrogen-bond acceptors (Lipinski definition) is 3. The van der Waals surface area contributed by atoms with E-state index >= 15 is 0 Å². The number of likely N-dealkylation sites (tertiary alicyclic amines) is 1. The maximum Gasteiger partial charge on any atom is 0.233 e. The van der Waals surface area contributed by atoms with Gasteiger partial charge in [-0.15, -0.1) is 0 Å². The molecule has 23 heavy (non-hydrogen) atoms. The van der Waals surface area contributed by atoms with E-state index in [1.54, 1.807) is 10.9 Å². The second kappa shape index (κ2) is 5.99. The molecule has 3 rings (SSSR count). The summed E-state index contributed by atoms with van der Waals surface area (Å²) in [4.78, 5) is 26.2. The maximum absolute atomic E-state index is 12.6. The van der Waals surface area contributed by atoms with Crippen molar-refractivity contribution in [3.05, 3.63) is 52.8 Å². The summed E-state index contributed by atoms with van der Waals surface area (Å²) in [5.74, 6) is -0.418. The number of rotatable bonds is 4. The highest BCUT2D eigenvalue weighted by molar-refractivity contribution is 6.03. The summed E-state index contributed by atoms with van der Waals surface area (Å²) in [6.45, 7) is 4.41. The maximum atomic E-state index is 12.6. The monoisotopic (exact) mass is 311 g/mol. The fourth-order valence-electron chi connectivity index (χ4n) is 3.28. The summed E-state index contributed by atoms with van der Waals surface area (Å²) in [6, 6.07) is 6.15. The fraction of sp³-hybridized carbons (Fsp3) is 0.389. The zero-order valence-electron chi connectivity index (χ0n) is 13.7. The Balaban J connectivity index is 1.73. The van der Waals surface area contributed by atoms with E-state index in [2.05, 4.69) is 11.2 Å². The number of carbonyl (C=O) groups excluding carboxylic acids is 2. The Labute approximate surface area is 135 Å². The highest BCUT2D eigenvalue weighted by Crippen LogP contribution is 2.25. The Hall–Kier alpha value is -2.43. The summed E-state index contributed by atoms with van der Waals surface area (Å²) in [6.07, 6.45) is 4.51. The molecule has 5 heteroatoms. The van der Waals surface area contributed by atoms with Gasteiger partial charge >= 0.3 is 0 Å². The first-order valence-electron chi connectivity index (χ1n) is 7.81. The van der Waals surface area contributed by atoms with Gasteiger partial charge in [-0.2, -0.15) is 5.10 Å². The van der Waals surface area contributed by atoms with Crippen LogP contribution in [0.3, 0.4) is 0 Å². The van der Waals surface area contributed by atoms with Crippen LogP contribution in [0, 0.1) is 19.8 Å². The highest BCUT2D eigenvalue weighted by Gasteiger charge is 2.38. The summed E-state index contributed by atoms with van der Waals surface area (Å²) in [7, 11) is 1.84. The molecule has 1 atom stereocenters. The molecule has 0 radical (unpaired) electrons. The van der Waals surface area contributed by atoms with E-state index in [-0.39, 0.29) is 17.7 Å². The molecule has 1 aliphatic heterocycles. The molecule has 0 N–H and O–H groups in total. The summed E-state index contributed by atoms with van der Waals surface area (Å²) in [5, 5.41) is 4.12. The Morgan fingerprint density at radius 2 is 1.83 bits per heavy atom. The van der Waals surface area contributed by atoms with Gasteiger partial charge in [-0.3, -0.25) is 19.2 Å². The van der Waals surface area contributed by atoms with Crippen LogP contribution in [-0.2, 0) is 29.6 Å². The Morgan fingerprint density at radius 1 is 1.13 bits per heavy atom. The second-order valence-electron chi connectivity index (χ2n) is 6.44. The van der Waals surface area contributed by atoms with Crippen LogP contribution in [0.4, 0.5) is 0 Å². The van der Waals surface area contributed by atoms with E-state index in [1.165, 1.54) is 4.90 Å². The Bertz CT molecular complexity index is 743. The molecule has 1 saturated heterocycles. The third kappa shape index (κ3) is 3.33. The van der Waals surface area contributed by atoms with Crippen LogP contribution in [0.2, 0.25) is 0 Å². The first-order chi connectivity index (χ1) is 10.9. The van der Waals surface area contributed by atoms with Gasteiger partial charge in [0.25, 0.3) is 0 Å². The molecule has 1 fully saturated rings. The van der Waals surface area contributed by atoms with Crippen LogP contribution in [-0.4, -0.2) is 26.5 Å². The van der Waals surface area contributed by atoms with Crippen LogP contribution in [0.25, 0.3) is 0 Å². The minimum atomic E-state index is -0.266. The molecular formula is C18H21N3O2. The fourth-order valence-corrected chi connectivity index (χ4v) is 3.28. The number of benzene rings is 1. The summed E-state index contributed by atoms with van der Waals surface area (Å²) >= 11 is 0. The van der Waals surface area contributed by atoms with Crippen LogP contribution in [0.5, 0.6) is 0 Å². The largest absolute Gasteiger partial charge is 0.278 e. The Kier molecular flexibility index (Phi) is 4.03. The van der Waals surface area contributed by atoms with Crippen LogP contribution in [0.1, 0.15) is 28.7 Å². The average molecular weight is 311 g/mol. The molecule has 0 unspecified atom stereocenters. The van der Waals surface area contributed by atoms with Crippen LogP contribution >= 0.6 is 0 Å². The van der Waals surface area contributed by atoms with Crippen molar-refractivity contribution < 1.29 is 9.59 Å². The van der Waals surface area contributed by atoms with Gasteiger partial charge in [0, 0.05) is 19.7 Å². The van der Waals surface area contributed by atoms with Crippen LogP contribution < -0.4 is 0 Å². The van der Waals surface area contributed by atoms with Gasteiger partial charge < -0.3 is 0 Å². The van der Waals surface area contributed by atoms with Crippen molar-refractivity contribution in [1.82, 2.24) is 14.7 Å². The zero-order valence-corrected chi connectivity index (χ0v) is 13.7. The van der Waals surface area contributed by atoms with Crippen molar-refractivity contribution in [1.29, 1.82) is 0 Å². The Morgan fingerprint density at radius 3 is 2.43 bits per heavy atom. The van der Waals surface area contributed by atoms with E-state index in [9.17, 15) is 9.59 Å². The van der Waals surface area contributed by atoms with E-state index in [1.807, 2.05) is 39.2 Å². The molecule has 2 aromatic rings. The van der Waals surface area contributed by atoms with Crippen molar-refractivity contribution in [2.45, 2.75) is 33.2 Å². The van der Waals surface area contributed by atoms with Gasteiger partial charge in [0.2, 0.25) is 11.8 Å². The molecule has 0 saturated carbocycles. The van der Waals surface area contributed by atoms with Gasteiger partial charge in [0.05, 0.1) is 18.7 Å². The third-order valence-corrected chi connectivity index (χ3v) is 4.20. The molecule has 1 aromatic heterocycles. The van der Waals surface area contributed by atoms with Gasteiger partial charge in [0.1, 0.15) is 0 Å². The van der Waals surface area contributed by atoms with Crippen molar-refractivity contribution in [2.24, 2.45) is 13.0 Å². The molecule has 0 bridgehead atoms. The topological polar surface area (TPSA) is 55.2 Å². The number of hydrogen-bond donors (Lipinski definition) is 0. The minimum absolute atomic E-state index is 0.0713. The third-order valence-electron chi connectivity index (χ3n) is 4.20.